The van der Waals surface area contributed by atoms with E-state index in [0.29, 0.717) is 30.6 Å². The first-order valence-electron chi connectivity index (χ1n) is 7.72. The van der Waals surface area contributed by atoms with E-state index >= 15 is 0 Å². The second-order valence-corrected chi connectivity index (χ2v) is 5.96. The number of hydrogen-bond acceptors (Lipinski definition) is 5. The maximum absolute atomic E-state index is 12.4. The van der Waals surface area contributed by atoms with Gasteiger partial charge in [0.25, 0.3) is 5.91 Å². The SMILES string of the molecule is Nc1ccc(C(=O)N[C@H](Cc2ccccn2)C2CC(O)C2)cn1. The lowest BCUT2D eigenvalue weighted by atomic mass is 9.76. The molecule has 0 saturated heterocycles. The Bertz CT molecular complexity index is 654. The molecule has 2 aromatic heterocycles. The van der Waals surface area contributed by atoms with Crippen LogP contribution in [0.5, 0.6) is 0 Å². The average Bonchev–Trinajstić information content (AvgIpc) is 2.53. The van der Waals surface area contributed by atoms with E-state index in [9.17, 15) is 9.90 Å². The number of rotatable bonds is 5. The van der Waals surface area contributed by atoms with E-state index in [1.165, 1.54) is 6.20 Å². The fourth-order valence-electron chi connectivity index (χ4n) is 2.83. The average molecular weight is 312 g/mol. The van der Waals surface area contributed by atoms with Gasteiger partial charge in [-0.05, 0) is 43.0 Å². The molecule has 0 aromatic carbocycles. The number of aliphatic hydroxyl groups is 1. The number of carbonyl (C=O) groups is 1. The number of amides is 1. The van der Waals surface area contributed by atoms with Crippen molar-refractivity contribution in [2.24, 2.45) is 5.92 Å². The number of nitrogens with two attached hydrogens (primary N) is 1. The summed E-state index contributed by atoms with van der Waals surface area (Å²) in [4.78, 5) is 20.7. The monoisotopic (exact) mass is 312 g/mol. The minimum atomic E-state index is -0.263. The van der Waals surface area contributed by atoms with Crippen molar-refractivity contribution >= 4 is 11.7 Å². The van der Waals surface area contributed by atoms with Crippen molar-refractivity contribution in [1.82, 2.24) is 15.3 Å². The van der Waals surface area contributed by atoms with Gasteiger partial charge in [-0.2, -0.15) is 0 Å². The minimum absolute atomic E-state index is 0.0571. The van der Waals surface area contributed by atoms with Crippen LogP contribution >= 0.6 is 0 Å². The second kappa shape index (κ2) is 6.75. The number of anilines is 1. The van der Waals surface area contributed by atoms with Crippen LogP contribution in [0.4, 0.5) is 5.82 Å². The van der Waals surface area contributed by atoms with Gasteiger partial charge in [0.05, 0.1) is 11.7 Å². The van der Waals surface area contributed by atoms with Crippen LogP contribution in [0.15, 0.2) is 42.7 Å². The van der Waals surface area contributed by atoms with Crippen molar-refractivity contribution in [3.05, 3.63) is 54.0 Å². The zero-order valence-corrected chi connectivity index (χ0v) is 12.7. The first-order chi connectivity index (χ1) is 11.1. The number of pyridine rings is 2. The Labute approximate surface area is 134 Å². The van der Waals surface area contributed by atoms with E-state index < -0.39 is 0 Å². The lowest BCUT2D eigenvalue weighted by molar-refractivity contribution is 0.0238. The molecule has 4 N–H and O–H groups in total. The minimum Gasteiger partial charge on any atom is -0.393 e. The number of nitrogens with one attached hydrogen (secondary N) is 1. The Morgan fingerprint density at radius 1 is 1.30 bits per heavy atom. The summed E-state index contributed by atoms with van der Waals surface area (Å²) in [5, 5.41) is 12.6. The van der Waals surface area contributed by atoms with Crippen molar-refractivity contribution < 1.29 is 9.90 Å². The number of hydrogen-bond donors (Lipinski definition) is 3. The standard InChI is InChI=1S/C17H20N4O2/c18-16-5-4-11(10-20-16)17(23)21-15(12-7-14(22)8-12)9-13-3-1-2-6-19-13/h1-6,10,12,14-15,22H,7-9H2,(H2,18,20)(H,21,23)/t12?,14?,15-/m1/s1. The molecule has 0 aliphatic heterocycles. The van der Waals surface area contributed by atoms with Crippen LogP contribution in [0.1, 0.15) is 28.9 Å². The predicted octanol–water partition coefficient (Wildman–Crippen LogP) is 1.17. The molecule has 1 saturated carbocycles. The molecule has 0 unspecified atom stereocenters. The summed E-state index contributed by atoms with van der Waals surface area (Å²) in [6, 6.07) is 8.95. The van der Waals surface area contributed by atoms with Crippen molar-refractivity contribution in [1.29, 1.82) is 0 Å². The summed E-state index contributed by atoms with van der Waals surface area (Å²) in [6.07, 6.45) is 5.01. The maximum atomic E-state index is 12.4. The molecule has 120 valence electrons. The highest BCUT2D eigenvalue weighted by atomic mass is 16.3. The molecule has 1 atom stereocenters. The Kier molecular flexibility index (Phi) is 4.52. The molecule has 3 rings (SSSR count). The van der Waals surface area contributed by atoms with Gasteiger partial charge in [-0.15, -0.1) is 0 Å². The van der Waals surface area contributed by atoms with E-state index in [0.717, 1.165) is 5.69 Å². The smallest absolute Gasteiger partial charge is 0.253 e. The lowest BCUT2D eigenvalue weighted by Gasteiger charge is -2.38. The number of nitrogen functional groups attached to an aromatic ring is 1. The van der Waals surface area contributed by atoms with E-state index in [1.54, 1.807) is 18.3 Å². The normalized spacial score (nSPS) is 21.3. The third kappa shape index (κ3) is 3.84. The van der Waals surface area contributed by atoms with Gasteiger partial charge in [0, 0.05) is 30.6 Å². The molecular weight excluding hydrogens is 292 g/mol. The summed E-state index contributed by atoms with van der Waals surface area (Å²) < 4.78 is 0. The Balaban J connectivity index is 1.70. The quantitative estimate of drug-likeness (QED) is 0.769. The van der Waals surface area contributed by atoms with E-state index in [-0.39, 0.29) is 24.0 Å². The highest BCUT2D eigenvalue weighted by Gasteiger charge is 2.35. The third-order valence-electron chi connectivity index (χ3n) is 4.24. The number of aromatic nitrogens is 2. The van der Waals surface area contributed by atoms with Crippen LogP contribution in [0, 0.1) is 5.92 Å². The van der Waals surface area contributed by atoms with Gasteiger partial charge >= 0.3 is 0 Å². The molecule has 1 aliphatic rings. The fraction of sp³-hybridized carbons (Fsp3) is 0.353. The number of carbonyl (C=O) groups excluding carboxylic acids is 1. The summed E-state index contributed by atoms with van der Waals surface area (Å²) in [5.41, 5.74) is 6.95. The van der Waals surface area contributed by atoms with Gasteiger partial charge in [0.1, 0.15) is 5.82 Å². The van der Waals surface area contributed by atoms with Crippen molar-refractivity contribution in [3.8, 4) is 0 Å². The van der Waals surface area contributed by atoms with Gasteiger partial charge in [-0.25, -0.2) is 4.98 Å². The molecular formula is C17H20N4O2. The Morgan fingerprint density at radius 2 is 2.13 bits per heavy atom. The molecule has 0 spiro atoms. The predicted molar refractivity (Wildman–Crippen MR) is 86.6 cm³/mol. The highest BCUT2D eigenvalue weighted by molar-refractivity contribution is 5.94. The van der Waals surface area contributed by atoms with Crippen molar-refractivity contribution in [2.75, 3.05) is 5.73 Å². The summed E-state index contributed by atoms with van der Waals surface area (Å²) >= 11 is 0. The molecule has 1 aliphatic carbocycles. The number of aliphatic hydroxyl groups excluding tert-OH is 1. The van der Waals surface area contributed by atoms with Crippen LogP contribution in [-0.4, -0.2) is 33.1 Å². The summed E-state index contributed by atoms with van der Waals surface area (Å²) in [6.45, 7) is 0. The van der Waals surface area contributed by atoms with Crippen LogP contribution in [0.3, 0.4) is 0 Å². The molecule has 0 radical (unpaired) electrons. The fourth-order valence-corrected chi connectivity index (χ4v) is 2.83. The lowest BCUT2D eigenvalue weighted by Crippen LogP contribution is -2.48. The van der Waals surface area contributed by atoms with E-state index in [4.69, 9.17) is 5.73 Å². The van der Waals surface area contributed by atoms with Crippen LogP contribution in [0.25, 0.3) is 0 Å². The second-order valence-electron chi connectivity index (χ2n) is 5.96. The Morgan fingerprint density at radius 3 is 2.74 bits per heavy atom. The first kappa shape index (κ1) is 15.4. The van der Waals surface area contributed by atoms with Gasteiger partial charge < -0.3 is 16.2 Å². The molecule has 6 nitrogen and oxygen atoms in total. The largest absolute Gasteiger partial charge is 0.393 e. The zero-order valence-electron chi connectivity index (χ0n) is 12.7. The molecule has 1 fully saturated rings. The third-order valence-corrected chi connectivity index (χ3v) is 4.24. The molecule has 23 heavy (non-hydrogen) atoms. The van der Waals surface area contributed by atoms with Gasteiger partial charge in [-0.3, -0.25) is 9.78 Å². The molecule has 6 heteroatoms. The van der Waals surface area contributed by atoms with Gasteiger partial charge in [-0.1, -0.05) is 6.07 Å². The molecule has 2 aromatic rings. The zero-order chi connectivity index (χ0) is 16.2. The topological polar surface area (TPSA) is 101 Å². The van der Waals surface area contributed by atoms with Crippen LogP contribution < -0.4 is 11.1 Å². The van der Waals surface area contributed by atoms with Crippen LogP contribution in [0.2, 0.25) is 0 Å². The van der Waals surface area contributed by atoms with Crippen molar-refractivity contribution in [3.63, 3.8) is 0 Å². The van der Waals surface area contributed by atoms with E-state index in [2.05, 4.69) is 15.3 Å². The first-order valence-corrected chi connectivity index (χ1v) is 7.72. The molecule has 1 amide bonds. The molecule has 2 heterocycles. The van der Waals surface area contributed by atoms with Gasteiger partial charge in [0.2, 0.25) is 0 Å². The summed E-state index contributed by atoms with van der Waals surface area (Å²) in [5.74, 6) is 0.464. The van der Waals surface area contributed by atoms with E-state index in [1.807, 2.05) is 18.2 Å². The highest BCUT2D eigenvalue weighted by Crippen LogP contribution is 2.31. The molecule has 0 bridgehead atoms. The summed E-state index contributed by atoms with van der Waals surface area (Å²) in [7, 11) is 0. The van der Waals surface area contributed by atoms with Crippen LogP contribution in [-0.2, 0) is 6.42 Å². The maximum Gasteiger partial charge on any atom is 0.253 e. The van der Waals surface area contributed by atoms with Crippen molar-refractivity contribution in [2.45, 2.75) is 31.4 Å². The Hall–Kier alpha value is -2.47. The number of nitrogens with zero attached hydrogens (tertiary/aromatic N) is 2. The van der Waals surface area contributed by atoms with Gasteiger partial charge in [0.15, 0.2) is 0 Å².